The summed E-state index contributed by atoms with van der Waals surface area (Å²) in [4.78, 5) is 6.24. The molecule has 80 valence electrons. The van der Waals surface area contributed by atoms with Crippen LogP contribution in [0.5, 0.6) is 0 Å². The Bertz CT molecular complexity index is 302. The summed E-state index contributed by atoms with van der Waals surface area (Å²) in [5.74, 6) is 2.55. The third-order valence-corrected chi connectivity index (χ3v) is 2.10. The van der Waals surface area contributed by atoms with Gasteiger partial charge in [-0.2, -0.15) is 0 Å². The van der Waals surface area contributed by atoms with Crippen LogP contribution in [0.15, 0.2) is 24.5 Å². The van der Waals surface area contributed by atoms with E-state index < -0.39 is 0 Å². The summed E-state index contributed by atoms with van der Waals surface area (Å²) in [6.45, 7) is 3.50. The Labute approximate surface area is 91.5 Å². The Morgan fingerprint density at radius 1 is 1.47 bits per heavy atom. The van der Waals surface area contributed by atoms with Crippen LogP contribution < -0.4 is 5.32 Å². The van der Waals surface area contributed by atoms with Crippen LogP contribution in [-0.4, -0.2) is 36.6 Å². The lowest BCUT2D eigenvalue weighted by Gasteiger charge is -2.16. The Balaban J connectivity index is 2.19. The van der Waals surface area contributed by atoms with E-state index >= 15 is 0 Å². The van der Waals surface area contributed by atoms with Crippen LogP contribution in [0, 0.1) is 12.3 Å². The van der Waals surface area contributed by atoms with Gasteiger partial charge in [0, 0.05) is 32.0 Å². The molecule has 0 spiro atoms. The molecule has 15 heavy (non-hydrogen) atoms. The van der Waals surface area contributed by atoms with Gasteiger partial charge in [-0.25, -0.2) is 0 Å². The molecule has 1 aromatic rings. The maximum atomic E-state index is 5.14. The van der Waals surface area contributed by atoms with Crippen LogP contribution in [-0.2, 0) is 6.54 Å². The number of hydrogen-bond donors (Lipinski definition) is 1. The van der Waals surface area contributed by atoms with E-state index in [9.17, 15) is 0 Å². The summed E-state index contributed by atoms with van der Waals surface area (Å²) in [5.41, 5.74) is 1.28. The largest absolute Gasteiger partial charge is 0.305 e. The van der Waals surface area contributed by atoms with Gasteiger partial charge in [0.2, 0.25) is 0 Å². The normalized spacial score (nSPS) is 10.2. The molecule has 1 heterocycles. The average Bonchev–Trinajstić information content (AvgIpc) is 2.26. The van der Waals surface area contributed by atoms with Gasteiger partial charge in [-0.05, 0) is 24.7 Å². The molecule has 0 aromatic carbocycles. The summed E-state index contributed by atoms with van der Waals surface area (Å²) in [6, 6.07) is 4.07. The number of nitrogens with zero attached hydrogens (tertiary/aromatic N) is 2. The highest BCUT2D eigenvalue weighted by atomic mass is 15.1. The summed E-state index contributed by atoms with van der Waals surface area (Å²) >= 11 is 0. The molecule has 0 atom stereocenters. The zero-order valence-electron chi connectivity index (χ0n) is 9.11. The molecule has 0 aliphatic heterocycles. The first-order valence-corrected chi connectivity index (χ1v) is 5.04. The molecule has 1 rings (SSSR count). The van der Waals surface area contributed by atoms with E-state index in [1.54, 1.807) is 0 Å². The van der Waals surface area contributed by atoms with Gasteiger partial charge < -0.3 is 10.2 Å². The van der Waals surface area contributed by atoms with Crippen molar-refractivity contribution in [2.75, 3.05) is 26.7 Å². The Kier molecular flexibility index (Phi) is 5.46. The van der Waals surface area contributed by atoms with Crippen molar-refractivity contribution in [3.63, 3.8) is 0 Å². The van der Waals surface area contributed by atoms with Gasteiger partial charge in [-0.1, -0.05) is 5.92 Å². The van der Waals surface area contributed by atoms with Crippen molar-refractivity contribution in [1.29, 1.82) is 0 Å². The summed E-state index contributed by atoms with van der Waals surface area (Å²) in [7, 11) is 2.10. The molecule has 0 aliphatic rings. The van der Waals surface area contributed by atoms with Crippen LogP contribution in [0.3, 0.4) is 0 Å². The Morgan fingerprint density at radius 3 is 2.87 bits per heavy atom. The summed E-state index contributed by atoms with van der Waals surface area (Å²) in [5, 5.41) is 3.16. The first-order valence-electron chi connectivity index (χ1n) is 5.04. The minimum atomic E-state index is 0.642. The Morgan fingerprint density at radius 2 is 2.20 bits per heavy atom. The smallest absolute Gasteiger partial charge is 0.0574 e. The molecule has 0 saturated carbocycles. The van der Waals surface area contributed by atoms with Crippen LogP contribution in [0.25, 0.3) is 0 Å². The molecule has 1 aromatic heterocycles. The van der Waals surface area contributed by atoms with Crippen molar-refractivity contribution in [3.05, 3.63) is 30.1 Å². The van der Waals surface area contributed by atoms with Gasteiger partial charge in [0.25, 0.3) is 0 Å². The molecule has 1 N–H and O–H groups in total. The van der Waals surface area contributed by atoms with Gasteiger partial charge in [0.1, 0.15) is 0 Å². The predicted molar refractivity (Wildman–Crippen MR) is 62.3 cm³/mol. The third kappa shape index (κ3) is 5.16. The van der Waals surface area contributed by atoms with Crippen molar-refractivity contribution in [3.8, 4) is 12.3 Å². The predicted octanol–water partition coefficient (Wildman–Crippen LogP) is 0.736. The van der Waals surface area contributed by atoms with Crippen LogP contribution in [0.4, 0.5) is 0 Å². The van der Waals surface area contributed by atoms with E-state index in [-0.39, 0.29) is 0 Å². The van der Waals surface area contributed by atoms with E-state index in [4.69, 9.17) is 6.42 Å². The second kappa shape index (κ2) is 6.99. The van der Waals surface area contributed by atoms with Gasteiger partial charge in [-0.3, -0.25) is 4.98 Å². The molecule has 0 fully saturated rings. The second-order valence-corrected chi connectivity index (χ2v) is 3.47. The number of aromatic nitrogens is 1. The minimum absolute atomic E-state index is 0.642. The molecule has 0 amide bonds. The van der Waals surface area contributed by atoms with Crippen LogP contribution in [0.1, 0.15) is 5.56 Å². The van der Waals surface area contributed by atoms with Crippen LogP contribution >= 0.6 is 0 Å². The second-order valence-electron chi connectivity index (χ2n) is 3.47. The number of likely N-dealkylation sites (N-methyl/N-ethyl adjacent to an activating group) is 1. The Hall–Kier alpha value is -1.37. The highest BCUT2D eigenvalue weighted by Crippen LogP contribution is 1.99. The maximum Gasteiger partial charge on any atom is 0.0574 e. The standard InChI is InChI=1S/C12H17N3/c1-3-6-13-9-10-15(2)11-12-4-7-14-8-5-12/h1,4-5,7-8,13H,6,9-11H2,2H3. The fourth-order valence-corrected chi connectivity index (χ4v) is 1.31. The number of rotatable bonds is 6. The zero-order valence-corrected chi connectivity index (χ0v) is 9.11. The quantitative estimate of drug-likeness (QED) is 0.546. The lowest BCUT2D eigenvalue weighted by molar-refractivity contribution is 0.326. The number of terminal acetylenes is 1. The third-order valence-electron chi connectivity index (χ3n) is 2.10. The monoisotopic (exact) mass is 203 g/mol. The van der Waals surface area contributed by atoms with E-state index in [0.29, 0.717) is 6.54 Å². The maximum absolute atomic E-state index is 5.14. The minimum Gasteiger partial charge on any atom is -0.305 e. The summed E-state index contributed by atoms with van der Waals surface area (Å²) in [6.07, 6.45) is 8.77. The molecule has 0 aliphatic carbocycles. The number of nitrogens with one attached hydrogen (secondary N) is 1. The van der Waals surface area contributed by atoms with Crippen molar-refractivity contribution < 1.29 is 0 Å². The van der Waals surface area contributed by atoms with Crippen molar-refractivity contribution in [1.82, 2.24) is 15.2 Å². The van der Waals surface area contributed by atoms with E-state index in [1.807, 2.05) is 24.5 Å². The fraction of sp³-hybridized carbons (Fsp3) is 0.417. The molecular formula is C12H17N3. The van der Waals surface area contributed by atoms with Gasteiger partial charge in [0.15, 0.2) is 0 Å². The van der Waals surface area contributed by atoms with Gasteiger partial charge in [0.05, 0.1) is 6.54 Å². The van der Waals surface area contributed by atoms with Crippen molar-refractivity contribution in [2.24, 2.45) is 0 Å². The first-order chi connectivity index (χ1) is 7.33. The fourth-order valence-electron chi connectivity index (χ4n) is 1.31. The molecule has 0 unspecified atom stereocenters. The van der Waals surface area contributed by atoms with E-state index in [2.05, 4.69) is 28.2 Å². The van der Waals surface area contributed by atoms with Crippen molar-refractivity contribution >= 4 is 0 Å². The van der Waals surface area contributed by atoms with Crippen LogP contribution in [0.2, 0.25) is 0 Å². The highest BCUT2D eigenvalue weighted by molar-refractivity contribution is 5.09. The molecular weight excluding hydrogens is 186 g/mol. The SMILES string of the molecule is C#CCNCCN(C)Cc1ccncc1. The molecule has 3 nitrogen and oxygen atoms in total. The molecule has 0 bridgehead atoms. The average molecular weight is 203 g/mol. The molecule has 3 heteroatoms. The first kappa shape index (κ1) is 11.7. The topological polar surface area (TPSA) is 28.2 Å². The van der Waals surface area contributed by atoms with Gasteiger partial charge >= 0.3 is 0 Å². The molecule has 0 saturated heterocycles. The van der Waals surface area contributed by atoms with E-state index in [1.165, 1.54) is 5.56 Å². The molecule has 0 radical (unpaired) electrons. The number of hydrogen-bond acceptors (Lipinski definition) is 3. The van der Waals surface area contributed by atoms with Crippen molar-refractivity contribution in [2.45, 2.75) is 6.54 Å². The highest BCUT2D eigenvalue weighted by Gasteiger charge is 1.98. The van der Waals surface area contributed by atoms with Gasteiger partial charge in [-0.15, -0.1) is 6.42 Å². The summed E-state index contributed by atoms with van der Waals surface area (Å²) < 4.78 is 0. The van der Waals surface area contributed by atoms with E-state index in [0.717, 1.165) is 19.6 Å². The lowest BCUT2D eigenvalue weighted by atomic mass is 10.2. The number of pyridine rings is 1. The lowest BCUT2D eigenvalue weighted by Crippen LogP contribution is -2.29. The zero-order chi connectivity index (χ0) is 10.9.